The Kier molecular flexibility index (Phi) is 3.18. The van der Waals surface area contributed by atoms with E-state index in [1.165, 1.54) is 0 Å². The molecule has 4 rings (SSSR count). The molecule has 1 fully saturated rings. The van der Waals surface area contributed by atoms with Gasteiger partial charge >= 0.3 is 0 Å². The van der Waals surface area contributed by atoms with E-state index in [1.807, 2.05) is 40.8 Å². The van der Waals surface area contributed by atoms with Gasteiger partial charge in [0.15, 0.2) is 0 Å². The number of carbonyl (C=O) groups is 1. The van der Waals surface area contributed by atoms with Crippen molar-refractivity contribution in [3.63, 3.8) is 0 Å². The molecule has 6 heteroatoms. The van der Waals surface area contributed by atoms with E-state index >= 15 is 0 Å². The maximum atomic E-state index is 12.8. The molecule has 118 valence electrons. The lowest BCUT2D eigenvalue weighted by Gasteiger charge is -2.16. The van der Waals surface area contributed by atoms with Gasteiger partial charge in [-0.15, -0.1) is 0 Å². The third-order valence-electron chi connectivity index (χ3n) is 4.42. The van der Waals surface area contributed by atoms with E-state index in [1.54, 1.807) is 0 Å². The molecule has 0 spiro atoms. The van der Waals surface area contributed by atoms with Gasteiger partial charge < -0.3 is 9.42 Å². The van der Waals surface area contributed by atoms with Gasteiger partial charge in [-0.2, -0.15) is 5.10 Å². The van der Waals surface area contributed by atoms with Crippen molar-refractivity contribution < 1.29 is 9.32 Å². The number of aromatic nitrogens is 3. The van der Waals surface area contributed by atoms with Crippen molar-refractivity contribution in [2.24, 2.45) is 0 Å². The first-order valence-corrected chi connectivity index (χ1v) is 7.80. The van der Waals surface area contributed by atoms with E-state index in [-0.39, 0.29) is 11.9 Å². The Balaban J connectivity index is 1.58. The molecule has 2 aromatic heterocycles. The molecular weight excluding hydrogens is 292 g/mol. The number of hydrogen-bond donors (Lipinski definition) is 0. The summed E-state index contributed by atoms with van der Waals surface area (Å²) in [6, 6.07) is 9.77. The average molecular weight is 310 g/mol. The zero-order chi connectivity index (χ0) is 16.0. The van der Waals surface area contributed by atoms with Crippen molar-refractivity contribution in [3.8, 4) is 0 Å². The minimum Gasteiger partial charge on any atom is -0.350 e. The smallest absolute Gasteiger partial charge is 0.293 e. The monoisotopic (exact) mass is 310 g/mol. The first-order chi connectivity index (χ1) is 11.1. The van der Waals surface area contributed by atoms with Crippen LogP contribution < -0.4 is 0 Å². The second-order valence-electron chi connectivity index (χ2n) is 6.09. The van der Waals surface area contributed by atoms with Crippen molar-refractivity contribution >= 4 is 16.8 Å². The second kappa shape index (κ2) is 5.22. The summed E-state index contributed by atoms with van der Waals surface area (Å²) in [6.07, 6.45) is 0.903. The molecule has 1 aromatic carbocycles. The SMILES string of the molecule is Cc1cc(C)n(C2CCN(C(=O)c3onc4ccccc34)C2)n1. The molecule has 3 heterocycles. The highest BCUT2D eigenvalue weighted by molar-refractivity contribution is 6.03. The number of benzene rings is 1. The van der Waals surface area contributed by atoms with E-state index in [0.29, 0.717) is 24.4 Å². The number of fused-ring (bicyclic) bond motifs is 1. The number of aryl methyl sites for hydroxylation is 2. The molecule has 0 saturated carbocycles. The molecule has 0 radical (unpaired) electrons. The van der Waals surface area contributed by atoms with E-state index in [0.717, 1.165) is 23.2 Å². The maximum Gasteiger partial charge on any atom is 0.293 e. The Morgan fingerprint density at radius 1 is 1.30 bits per heavy atom. The quantitative estimate of drug-likeness (QED) is 0.730. The van der Waals surface area contributed by atoms with E-state index in [4.69, 9.17) is 4.52 Å². The second-order valence-corrected chi connectivity index (χ2v) is 6.09. The van der Waals surface area contributed by atoms with Crippen LogP contribution in [0, 0.1) is 13.8 Å². The number of nitrogens with zero attached hydrogens (tertiary/aromatic N) is 4. The lowest BCUT2D eigenvalue weighted by Crippen LogP contribution is -2.29. The molecule has 1 saturated heterocycles. The van der Waals surface area contributed by atoms with Crippen molar-refractivity contribution in [1.29, 1.82) is 0 Å². The molecule has 23 heavy (non-hydrogen) atoms. The highest BCUT2D eigenvalue weighted by Gasteiger charge is 2.31. The van der Waals surface area contributed by atoms with Crippen LogP contribution in [0.3, 0.4) is 0 Å². The van der Waals surface area contributed by atoms with Crippen molar-refractivity contribution in [1.82, 2.24) is 19.8 Å². The molecule has 1 aliphatic heterocycles. The summed E-state index contributed by atoms with van der Waals surface area (Å²) in [5, 5.41) is 9.28. The molecule has 1 atom stereocenters. The fourth-order valence-electron chi connectivity index (χ4n) is 3.33. The third kappa shape index (κ3) is 2.30. The number of rotatable bonds is 2. The molecule has 3 aromatic rings. The molecule has 0 bridgehead atoms. The molecule has 1 aliphatic rings. The first kappa shape index (κ1) is 14.0. The van der Waals surface area contributed by atoms with Crippen LogP contribution in [0.15, 0.2) is 34.9 Å². The van der Waals surface area contributed by atoms with Gasteiger partial charge in [0.05, 0.1) is 17.1 Å². The minimum absolute atomic E-state index is 0.0947. The Morgan fingerprint density at radius 2 is 2.13 bits per heavy atom. The summed E-state index contributed by atoms with van der Waals surface area (Å²) in [5.41, 5.74) is 2.85. The highest BCUT2D eigenvalue weighted by atomic mass is 16.5. The van der Waals surface area contributed by atoms with Crippen LogP contribution in [0.5, 0.6) is 0 Å². The van der Waals surface area contributed by atoms with E-state index in [2.05, 4.69) is 23.2 Å². The Morgan fingerprint density at radius 3 is 2.91 bits per heavy atom. The predicted molar refractivity (Wildman–Crippen MR) is 85.3 cm³/mol. The summed E-state index contributed by atoms with van der Waals surface area (Å²) in [6.45, 7) is 5.39. The maximum absolute atomic E-state index is 12.8. The summed E-state index contributed by atoms with van der Waals surface area (Å²) < 4.78 is 7.32. The largest absolute Gasteiger partial charge is 0.350 e. The number of carbonyl (C=O) groups excluding carboxylic acids is 1. The zero-order valence-electron chi connectivity index (χ0n) is 13.2. The number of likely N-dealkylation sites (tertiary alicyclic amines) is 1. The van der Waals surface area contributed by atoms with Crippen LogP contribution in [0.4, 0.5) is 0 Å². The summed E-state index contributed by atoms with van der Waals surface area (Å²) in [4.78, 5) is 14.6. The standard InChI is InChI=1S/C17H18N4O2/c1-11-9-12(2)21(18-11)13-7-8-20(10-13)17(22)16-14-5-3-4-6-15(14)19-23-16/h3-6,9,13H,7-8,10H2,1-2H3. The van der Waals surface area contributed by atoms with Crippen molar-refractivity contribution in [2.45, 2.75) is 26.3 Å². The van der Waals surface area contributed by atoms with Gasteiger partial charge in [-0.3, -0.25) is 9.48 Å². The highest BCUT2D eigenvalue weighted by Crippen LogP contribution is 2.26. The minimum atomic E-state index is -0.0947. The van der Waals surface area contributed by atoms with Crippen molar-refractivity contribution in [3.05, 3.63) is 47.5 Å². The molecule has 1 amide bonds. The number of amides is 1. The summed E-state index contributed by atoms with van der Waals surface area (Å²) in [7, 11) is 0. The third-order valence-corrected chi connectivity index (χ3v) is 4.42. The van der Waals surface area contributed by atoms with Crippen LogP contribution in [-0.4, -0.2) is 38.8 Å². The van der Waals surface area contributed by atoms with Crippen LogP contribution in [0.25, 0.3) is 10.9 Å². The van der Waals surface area contributed by atoms with Gasteiger partial charge in [-0.1, -0.05) is 17.3 Å². The van der Waals surface area contributed by atoms with Crippen LogP contribution in [0.1, 0.15) is 34.4 Å². The molecule has 0 aliphatic carbocycles. The fraction of sp³-hybridized carbons (Fsp3) is 0.353. The molecule has 0 N–H and O–H groups in total. The van der Waals surface area contributed by atoms with Gasteiger partial charge in [0, 0.05) is 18.8 Å². The van der Waals surface area contributed by atoms with Crippen LogP contribution >= 0.6 is 0 Å². The van der Waals surface area contributed by atoms with Crippen LogP contribution in [0.2, 0.25) is 0 Å². The molecular formula is C17H18N4O2. The van der Waals surface area contributed by atoms with Gasteiger partial charge in [-0.05, 0) is 38.5 Å². The molecule has 6 nitrogen and oxygen atoms in total. The van der Waals surface area contributed by atoms with Gasteiger partial charge in [0.1, 0.15) is 5.52 Å². The van der Waals surface area contributed by atoms with Gasteiger partial charge in [-0.25, -0.2) is 0 Å². The topological polar surface area (TPSA) is 64.2 Å². The van der Waals surface area contributed by atoms with Gasteiger partial charge in [0.25, 0.3) is 5.91 Å². The average Bonchev–Trinajstić information content (AvgIpc) is 3.24. The molecule has 1 unspecified atom stereocenters. The lowest BCUT2D eigenvalue weighted by molar-refractivity contribution is 0.0748. The Hall–Kier alpha value is -2.63. The van der Waals surface area contributed by atoms with E-state index in [9.17, 15) is 4.79 Å². The summed E-state index contributed by atoms with van der Waals surface area (Å²) in [5.74, 6) is 0.234. The number of hydrogen-bond acceptors (Lipinski definition) is 4. The normalized spacial score (nSPS) is 18.0. The predicted octanol–water partition coefficient (Wildman–Crippen LogP) is 2.73. The lowest BCUT2D eigenvalue weighted by atomic mass is 10.2. The van der Waals surface area contributed by atoms with Gasteiger partial charge in [0.2, 0.25) is 5.76 Å². The first-order valence-electron chi connectivity index (χ1n) is 7.80. The van der Waals surface area contributed by atoms with Crippen molar-refractivity contribution in [2.75, 3.05) is 13.1 Å². The van der Waals surface area contributed by atoms with E-state index < -0.39 is 0 Å². The zero-order valence-corrected chi connectivity index (χ0v) is 13.2. The van der Waals surface area contributed by atoms with Crippen LogP contribution in [-0.2, 0) is 0 Å². The fourth-order valence-corrected chi connectivity index (χ4v) is 3.33. The Bertz CT molecular complexity index is 880. The summed E-state index contributed by atoms with van der Waals surface area (Å²) >= 11 is 0. The Labute approximate surface area is 133 Å².